The van der Waals surface area contributed by atoms with E-state index in [1.54, 1.807) is 6.08 Å². The quantitative estimate of drug-likeness (QED) is 0.257. The van der Waals surface area contributed by atoms with Crippen molar-refractivity contribution in [3.63, 3.8) is 0 Å². The molecule has 8 heteroatoms. The summed E-state index contributed by atoms with van der Waals surface area (Å²) in [4.78, 5) is 26.2. The first kappa shape index (κ1) is 30.3. The summed E-state index contributed by atoms with van der Waals surface area (Å²) < 4.78 is 19.5. The zero-order valence-electron chi connectivity index (χ0n) is 25.9. The molecule has 0 bridgehead atoms. The third-order valence-corrected chi connectivity index (χ3v) is 9.90. The molecule has 3 aliphatic heterocycles. The van der Waals surface area contributed by atoms with Gasteiger partial charge in [-0.1, -0.05) is 42.5 Å². The maximum absolute atomic E-state index is 11.8. The summed E-state index contributed by atoms with van der Waals surface area (Å²) >= 11 is 0.923. The second kappa shape index (κ2) is 12.7. The first-order chi connectivity index (χ1) is 21.2. The number of nitrogens with zero attached hydrogens (tertiary/aromatic N) is 1. The molecule has 2 fully saturated rings. The molecule has 2 atom stereocenters. The molecule has 2 saturated heterocycles. The van der Waals surface area contributed by atoms with Crippen molar-refractivity contribution in [2.24, 2.45) is 0 Å². The van der Waals surface area contributed by atoms with Gasteiger partial charge in [0.25, 0.3) is 11.1 Å². The van der Waals surface area contributed by atoms with Crippen LogP contribution in [0.25, 0.3) is 6.08 Å². The van der Waals surface area contributed by atoms with E-state index < -0.39 is 0 Å². The molecular formula is C36H40N2O5S. The highest BCUT2D eigenvalue weighted by Gasteiger charge is 2.39. The van der Waals surface area contributed by atoms with Crippen molar-refractivity contribution < 1.29 is 23.8 Å². The van der Waals surface area contributed by atoms with Gasteiger partial charge in [0.2, 0.25) is 0 Å². The molecule has 0 saturated carbocycles. The number of carbonyl (C=O) groups excluding carboxylic acids is 2. The monoisotopic (exact) mass is 612 g/mol. The number of rotatable bonds is 9. The Hall–Kier alpha value is -3.75. The van der Waals surface area contributed by atoms with Gasteiger partial charge in [0, 0.05) is 18.2 Å². The van der Waals surface area contributed by atoms with Gasteiger partial charge in [0.05, 0.1) is 4.91 Å². The summed E-state index contributed by atoms with van der Waals surface area (Å²) in [6.07, 6.45) is 5.87. The predicted molar refractivity (Wildman–Crippen MR) is 174 cm³/mol. The largest absolute Gasteiger partial charge is 0.492 e. The number of benzene rings is 3. The lowest BCUT2D eigenvalue weighted by molar-refractivity contribution is -0.115. The lowest BCUT2D eigenvalue weighted by Crippen LogP contribution is -2.50. The van der Waals surface area contributed by atoms with Gasteiger partial charge >= 0.3 is 0 Å². The number of ether oxygens (including phenoxy) is 3. The molecule has 44 heavy (non-hydrogen) atoms. The number of amides is 2. The van der Waals surface area contributed by atoms with Crippen LogP contribution in [0.3, 0.4) is 0 Å². The van der Waals surface area contributed by atoms with Gasteiger partial charge in [-0.05, 0) is 118 Å². The standard InChI is InChI=1S/C36H40N2O5S/c1-23-24(2)33-30(25(3)32(23)42-20-27-9-6-5-7-10-27)16-17-36(4,43-33)22-38-18-8-11-28(38)21-41-29-14-12-26(13-15-29)19-31-34(39)37-35(40)44-31/h5-7,9-10,12-15,19,28H,8,11,16-18,20-22H2,1-4H3,(H,37,39,40)/b31-19+/t28-,36?/m0/s1. The van der Waals surface area contributed by atoms with E-state index in [4.69, 9.17) is 14.2 Å². The molecule has 3 aromatic rings. The summed E-state index contributed by atoms with van der Waals surface area (Å²) in [5, 5.41) is 1.95. The molecule has 230 valence electrons. The maximum atomic E-state index is 11.8. The Morgan fingerprint density at radius 1 is 1.02 bits per heavy atom. The maximum Gasteiger partial charge on any atom is 0.290 e. The predicted octanol–water partition coefficient (Wildman–Crippen LogP) is 7.14. The van der Waals surface area contributed by atoms with E-state index in [0.29, 0.717) is 24.2 Å². The molecule has 6 rings (SSSR count). The molecule has 0 aromatic heterocycles. The topological polar surface area (TPSA) is 77.1 Å². The Morgan fingerprint density at radius 2 is 1.80 bits per heavy atom. The lowest BCUT2D eigenvalue weighted by Gasteiger charge is -2.41. The second-order valence-corrected chi connectivity index (χ2v) is 13.4. The van der Waals surface area contributed by atoms with Crippen LogP contribution in [0.4, 0.5) is 4.79 Å². The first-order valence-corrected chi connectivity index (χ1v) is 16.2. The molecule has 1 N–H and O–H groups in total. The van der Waals surface area contributed by atoms with Crippen LogP contribution >= 0.6 is 11.8 Å². The molecule has 3 heterocycles. The summed E-state index contributed by atoms with van der Waals surface area (Å²) in [5.74, 6) is 2.45. The number of thioether (sulfide) groups is 1. The highest BCUT2D eigenvalue weighted by Crippen LogP contribution is 2.44. The third-order valence-electron chi connectivity index (χ3n) is 9.09. The minimum atomic E-state index is -0.348. The summed E-state index contributed by atoms with van der Waals surface area (Å²) in [6.45, 7) is 11.8. The van der Waals surface area contributed by atoms with Gasteiger partial charge in [-0.25, -0.2) is 0 Å². The average Bonchev–Trinajstić information content (AvgIpc) is 3.59. The summed E-state index contributed by atoms with van der Waals surface area (Å²) in [5.41, 5.74) is 6.51. The third kappa shape index (κ3) is 6.52. The van der Waals surface area contributed by atoms with Crippen molar-refractivity contribution in [1.82, 2.24) is 10.2 Å². The van der Waals surface area contributed by atoms with Crippen LogP contribution in [0, 0.1) is 20.8 Å². The Labute approximate surface area is 264 Å². The number of fused-ring (bicyclic) bond motifs is 1. The Morgan fingerprint density at radius 3 is 2.52 bits per heavy atom. The number of imide groups is 1. The van der Waals surface area contributed by atoms with E-state index in [2.05, 4.69) is 50.0 Å². The number of carbonyl (C=O) groups is 2. The highest BCUT2D eigenvalue weighted by molar-refractivity contribution is 8.18. The SMILES string of the molecule is Cc1c(C)c2c(c(C)c1OCc1ccccc1)CCC(C)(CN1CCC[C@H]1COc1ccc(/C=C3/SC(=O)NC3=O)cc1)O2. The normalized spacial score (nSPS) is 22.5. The zero-order chi connectivity index (χ0) is 30.8. The molecule has 1 unspecified atom stereocenters. The van der Waals surface area contributed by atoms with Gasteiger partial charge in [-0.3, -0.25) is 19.8 Å². The molecule has 2 amide bonds. The summed E-state index contributed by atoms with van der Waals surface area (Å²) in [6, 6.07) is 18.3. The van der Waals surface area contributed by atoms with Gasteiger partial charge in [-0.2, -0.15) is 0 Å². The minimum absolute atomic E-state index is 0.285. The number of hydrogen-bond acceptors (Lipinski definition) is 7. The van der Waals surface area contributed by atoms with Crippen molar-refractivity contribution in [3.8, 4) is 17.2 Å². The van der Waals surface area contributed by atoms with Crippen LogP contribution in [-0.4, -0.2) is 47.4 Å². The molecule has 3 aromatic carbocycles. The van der Waals surface area contributed by atoms with Crippen LogP contribution in [0.15, 0.2) is 59.5 Å². The van der Waals surface area contributed by atoms with Gasteiger partial charge in [0.15, 0.2) is 0 Å². The Balaban J connectivity index is 1.08. The van der Waals surface area contributed by atoms with Crippen molar-refractivity contribution >= 4 is 29.0 Å². The molecular weight excluding hydrogens is 572 g/mol. The molecule has 7 nitrogen and oxygen atoms in total. The van der Waals surface area contributed by atoms with Crippen LogP contribution < -0.4 is 19.5 Å². The van der Waals surface area contributed by atoms with E-state index >= 15 is 0 Å². The van der Waals surface area contributed by atoms with E-state index in [1.807, 2.05) is 42.5 Å². The average molecular weight is 613 g/mol. The molecule has 0 spiro atoms. The van der Waals surface area contributed by atoms with Gasteiger partial charge in [-0.15, -0.1) is 0 Å². The fourth-order valence-electron chi connectivity index (χ4n) is 6.49. The number of likely N-dealkylation sites (tertiary alicyclic amines) is 1. The van der Waals surface area contributed by atoms with E-state index in [0.717, 1.165) is 84.5 Å². The fraction of sp³-hybridized carbons (Fsp3) is 0.389. The highest BCUT2D eigenvalue weighted by atomic mass is 32.2. The zero-order valence-corrected chi connectivity index (χ0v) is 26.7. The second-order valence-electron chi connectivity index (χ2n) is 12.3. The van der Waals surface area contributed by atoms with E-state index in [-0.39, 0.29) is 16.7 Å². The Kier molecular flexibility index (Phi) is 8.74. The fourth-order valence-corrected chi connectivity index (χ4v) is 7.17. The smallest absolute Gasteiger partial charge is 0.290 e. The number of hydrogen-bond donors (Lipinski definition) is 1. The number of nitrogens with one attached hydrogen (secondary N) is 1. The van der Waals surface area contributed by atoms with Crippen molar-refractivity contribution in [3.05, 3.63) is 92.9 Å². The van der Waals surface area contributed by atoms with E-state index in [1.165, 1.54) is 16.7 Å². The first-order valence-electron chi connectivity index (χ1n) is 15.4. The van der Waals surface area contributed by atoms with Crippen LogP contribution in [-0.2, 0) is 17.8 Å². The summed E-state index contributed by atoms with van der Waals surface area (Å²) in [7, 11) is 0. The van der Waals surface area contributed by atoms with Crippen LogP contribution in [0.1, 0.15) is 59.6 Å². The molecule has 3 aliphatic rings. The Bertz CT molecular complexity index is 1590. The van der Waals surface area contributed by atoms with Crippen molar-refractivity contribution in [1.29, 1.82) is 0 Å². The van der Waals surface area contributed by atoms with Crippen LogP contribution in [0.2, 0.25) is 0 Å². The van der Waals surface area contributed by atoms with E-state index in [9.17, 15) is 9.59 Å². The van der Waals surface area contributed by atoms with Crippen molar-refractivity contribution in [2.45, 2.75) is 71.6 Å². The lowest BCUT2D eigenvalue weighted by atomic mass is 9.86. The van der Waals surface area contributed by atoms with Crippen LogP contribution in [0.5, 0.6) is 17.2 Å². The molecule has 0 radical (unpaired) electrons. The minimum Gasteiger partial charge on any atom is -0.492 e. The van der Waals surface area contributed by atoms with Gasteiger partial charge < -0.3 is 14.2 Å². The van der Waals surface area contributed by atoms with Gasteiger partial charge in [0.1, 0.15) is 36.1 Å². The molecule has 0 aliphatic carbocycles. The van der Waals surface area contributed by atoms with Crippen molar-refractivity contribution in [2.75, 3.05) is 19.7 Å².